The molecule has 1 N–H and O–H groups in total. The minimum absolute atomic E-state index is 0.524. The van der Waals surface area contributed by atoms with E-state index in [1.165, 1.54) is 0 Å². The molecule has 0 saturated carbocycles. The summed E-state index contributed by atoms with van der Waals surface area (Å²) >= 11 is 1.56. The molecule has 2 aromatic rings. The van der Waals surface area contributed by atoms with Crippen LogP contribution in [0.4, 0.5) is 0 Å². The standard InChI is InChI=1S/C12H15NO2S/c1-7-8(2)15-9(3)12(7)10(14)6-11-13-4-5-16-11/h4-5,10,14H,6H2,1-3H3. The van der Waals surface area contributed by atoms with Crippen molar-refractivity contribution in [3.63, 3.8) is 0 Å². The second-order valence-corrected chi connectivity index (χ2v) is 4.88. The van der Waals surface area contributed by atoms with E-state index in [4.69, 9.17) is 4.42 Å². The van der Waals surface area contributed by atoms with E-state index in [-0.39, 0.29) is 0 Å². The summed E-state index contributed by atoms with van der Waals surface area (Å²) in [6.45, 7) is 5.79. The van der Waals surface area contributed by atoms with Crippen LogP contribution in [0, 0.1) is 20.8 Å². The number of aliphatic hydroxyl groups is 1. The number of nitrogens with zero attached hydrogens (tertiary/aromatic N) is 1. The first-order valence-electron chi connectivity index (χ1n) is 5.22. The van der Waals surface area contributed by atoms with Crippen molar-refractivity contribution in [1.82, 2.24) is 4.98 Å². The zero-order chi connectivity index (χ0) is 11.7. The average molecular weight is 237 g/mol. The smallest absolute Gasteiger partial charge is 0.107 e. The number of thiazole rings is 1. The van der Waals surface area contributed by atoms with Gasteiger partial charge in [-0.25, -0.2) is 4.98 Å². The van der Waals surface area contributed by atoms with Gasteiger partial charge in [-0.15, -0.1) is 11.3 Å². The molecule has 0 saturated heterocycles. The number of rotatable bonds is 3. The van der Waals surface area contributed by atoms with E-state index in [1.807, 2.05) is 26.2 Å². The van der Waals surface area contributed by atoms with Crippen molar-refractivity contribution in [2.45, 2.75) is 33.3 Å². The van der Waals surface area contributed by atoms with Gasteiger partial charge in [0.2, 0.25) is 0 Å². The van der Waals surface area contributed by atoms with Gasteiger partial charge < -0.3 is 9.52 Å². The SMILES string of the molecule is Cc1oc(C)c(C(O)Cc2nccs2)c1C. The van der Waals surface area contributed by atoms with E-state index < -0.39 is 6.10 Å². The molecular weight excluding hydrogens is 222 g/mol. The summed E-state index contributed by atoms with van der Waals surface area (Å²) in [6.07, 6.45) is 1.79. The van der Waals surface area contributed by atoms with Crippen molar-refractivity contribution in [2.24, 2.45) is 0 Å². The molecule has 1 unspecified atom stereocenters. The summed E-state index contributed by atoms with van der Waals surface area (Å²) in [4.78, 5) is 4.18. The van der Waals surface area contributed by atoms with E-state index >= 15 is 0 Å². The minimum atomic E-state index is -0.524. The van der Waals surface area contributed by atoms with E-state index in [0.29, 0.717) is 6.42 Å². The zero-order valence-corrected chi connectivity index (χ0v) is 10.5. The van der Waals surface area contributed by atoms with Crippen LogP contribution < -0.4 is 0 Å². The molecule has 3 nitrogen and oxygen atoms in total. The monoisotopic (exact) mass is 237 g/mol. The molecular formula is C12H15NO2S. The maximum Gasteiger partial charge on any atom is 0.107 e. The van der Waals surface area contributed by atoms with Crippen molar-refractivity contribution in [2.75, 3.05) is 0 Å². The van der Waals surface area contributed by atoms with Crippen LogP contribution in [-0.2, 0) is 6.42 Å². The maximum absolute atomic E-state index is 10.2. The lowest BCUT2D eigenvalue weighted by molar-refractivity contribution is 0.175. The first kappa shape index (κ1) is 11.4. The summed E-state index contributed by atoms with van der Waals surface area (Å²) in [7, 11) is 0. The van der Waals surface area contributed by atoms with Gasteiger partial charge in [-0.3, -0.25) is 0 Å². The molecule has 0 radical (unpaired) electrons. The van der Waals surface area contributed by atoms with Gasteiger partial charge in [-0.2, -0.15) is 0 Å². The van der Waals surface area contributed by atoms with Gasteiger partial charge in [0.05, 0.1) is 11.1 Å². The fraction of sp³-hybridized carbons (Fsp3) is 0.417. The molecule has 0 aliphatic rings. The first-order valence-corrected chi connectivity index (χ1v) is 6.10. The van der Waals surface area contributed by atoms with Gasteiger partial charge in [-0.1, -0.05) is 0 Å². The molecule has 2 heterocycles. The van der Waals surface area contributed by atoms with Gasteiger partial charge in [0.15, 0.2) is 0 Å². The predicted molar refractivity (Wildman–Crippen MR) is 63.7 cm³/mol. The number of furan rings is 1. The van der Waals surface area contributed by atoms with Crippen molar-refractivity contribution in [3.8, 4) is 0 Å². The van der Waals surface area contributed by atoms with Crippen LogP contribution in [0.5, 0.6) is 0 Å². The van der Waals surface area contributed by atoms with Gasteiger partial charge in [0.25, 0.3) is 0 Å². The second-order valence-electron chi connectivity index (χ2n) is 3.90. The number of hydrogen-bond donors (Lipinski definition) is 1. The Bertz CT molecular complexity index is 473. The minimum Gasteiger partial charge on any atom is -0.466 e. The van der Waals surface area contributed by atoms with E-state index in [1.54, 1.807) is 17.5 Å². The molecule has 2 rings (SSSR count). The maximum atomic E-state index is 10.2. The van der Waals surface area contributed by atoms with Crippen molar-refractivity contribution >= 4 is 11.3 Å². The Hall–Kier alpha value is -1.13. The Morgan fingerprint density at radius 2 is 2.12 bits per heavy atom. The Morgan fingerprint density at radius 1 is 1.38 bits per heavy atom. The van der Waals surface area contributed by atoms with Crippen molar-refractivity contribution in [3.05, 3.63) is 39.2 Å². The molecule has 86 valence electrons. The van der Waals surface area contributed by atoms with Gasteiger partial charge in [-0.05, 0) is 26.3 Å². The highest BCUT2D eigenvalue weighted by Crippen LogP contribution is 2.29. The van der Waals surface area contributed by atoms with Gasteiger partial charge in [0.1, 0.15) is 11.5 Å². The molecule has 4 heteroatoms. The van der Waals surface area contributed by atoms with Crippen LogP contribution in [-0.4, -0.2) is 10.1 Å². The highest BCUT2D eigenvalue weighted by Gasteiger charge is 2.19. The summed E-state index contributed by atoms with van der Waals surface area (Å²) in [5.74, 6) is 1.68. The lowest BCUT2D eigenvalue weighted by Crippen LogP contribution is -2.03. The Kier molecular flexibility index (Phi) is 3.12. The number of aromatic nitrogens is 1. The quantitative estimate of drug-likeness (QED) is 0.892. The van der Waals surface area contributed by atoms with Crippen LogP contribution in [0.2, 0.25) is 0 Å². The van der Waals surface area contributed by atoms with Crippen molar-refractivity contribution in [1.29, 1.82) is 0 Å². The van der Waals surface area contributed by atoms with Crippen LogP contribution in [0.1, 0.15) is 33.8 Å². The molecule has 0 spiro atoms. The summed E-state index contributed by atoms with van der Waals surface area (Å²) in [5.41, 5.74) is 1.95. The molecule has 0 aliphatic heterocycles. The third kappa shape index (κ3) is 2.03. The largest absolute Gasteiger partial charge is 0.466 e. The summed E-state index contributed by atoms with van der Waals surface area (Å²) in [5, 5.41) is 13.0. The third-order valence-electron chi connectivity index (χ3n) is 2.80. The highest BCUT2D eigenvalue weighted by atomic mass is 32.1. The zero-order valence-electron chi connectivity index (χ0n) is 9.65. The second kappa shape index (κ2) is 4.39. The van der Waals surface area contributed by atoms with Crippen LogP contribution >= 0.6 is 11.3 Å². The summed E-state index contributed by atoms with van der Waals surface area (Å²) < 4.78 is 5.51. The van der Waals surface area contributed by atoms with Crippen LogP contribution in [0.25, 0.3) is 0 Å². The van der Waals surface area contributed by atoms with Crippen molar-refractivity contribution < 1.29 is 9.52 Å². The number of hydrogen-bond acceptors (Lipinski definition) is 4. The molecule has 1 atom stereocenters. The molecule has 0 fully saturated rings. The molecule has 0 aromatic carbocycles. The molecule has 0 amide bonds. The predicted octanol–water partition coefficient (Wildman–Crippen LogP) is 2.94. The molecule has 2 aromatic heterocycles. The number of aryl methyl sites for hydroxylation is 2. The summed E-state index contributed by atoms with van der Waals surface area (Å²) in [6, 6.07) is 0. The van der Waals surface area contributed by atoms with Crippen LogP contribution in [0.3, 0.4) is 0 Å². The topological polar surface area (TPSA) is 46.3 Å². The molecule has 16 heavy (non-hydrogen) atoms. The fourth-order valence-corrected chi connectivity index (χ4v) is 2.58. The Labute approximate surface area is 98.8 Å². The van der Waals surface area contributed by atoms with E-state index in [2.05, 4.69) is 4.98 Å². The number of aliphatic hydroxyl groups excluding tert-OH is 1. The molecule has 0 bridgehead atoms. The average Bonchev–Trinajstić information content (AvgIpc) is 2.77. The van der Waals surface area contributed by atoms with E-state index in [9.17, 15) is 5.11 Å². The van der Waals surface area contributed by atoms with E-state index in [0.717, 1.165) is 27.7 Å². The Morgan fingerprint density at radius 3 is 2.62 bits per heavy atom. The molecule has 0 aliphatic carbocycles. The lowest BCUT2D eigenvalue weighted by Gasteiger charge is -2.09. The normalized spacial score (nSPS) is 13.0. The van der Waals surface area contributed by atoms with Gasteiger partial charge in [0, 0.05) is 23.6 Å². The lowest BCUT2D eigenvalue weighted by atomic mass is 10.0. The van der Waals surface area contributed by atoms with Gasteiger partial charge >= 0.3 is 0 Å². The Balaban J connectivity index is 2.24. The first-order chi connectivity index (χ1) is 7.59. The fourth-order valence-electron chi connectivity index (χ4n) is 1.92. The highest BCUT2D eigenvalue weighted by molar-refractivity contribution is 7.09. The third-order valence-corrected chi connectivity index (χ3v) is 3.60. The van der Waals surface area contributed by atoms with Crippen LogP contribution in [0.15, 0.2) is 16.0 Å².